The molecule has 0 saturated carbocycles. The van der Waals surface area contributed by atoms with Gasteiger partial charge in [-0.15, -0.1) is 0 Å². The van der Waals surface area contributed by atoms with Gasteiger partial charge in [0.05, 0.1) is 27.6 Å². The van der Waals surface area contributed by atoms with E-state index in [0.29, 0.717) is 61.5 Å². The average molecular weight is 841 g/mol. The van der Waals surface area contributed by atoms with Crippen molar-refractivity contribution in [3.05, 3.63) is 83.6 Å². The normalized spacial score (nSPS) is 18.8. The van der Waals surface area contributed by atoms with E-state index in [0.717, 1.165) is 11.4 Å². The van der Waals surface area contributed by atoms with Crippen molar-refractivity contribution in [2.45, 2.75) is 79.9 Å². The molecule has 0 amide bonds. The van der Waals surface area contributed by atoms with E-state index in [4.69, 9.17) is 9.84 Å². The third-order valence-electron chi connectivity index (χ3n) is 9.76. The minimum absolute atomic E-state index is 0. The van der Waals surface area contributed by atoms with Gasteiger partial charge in [0.15, 0.2) is 5.71 Å². The van der Waals surface area contributed by atoms with E-state index < -0.39 is 52.9 Å². The van der Waals surface area contributed by atoms with Crippen LogP contribution in [-0.2, 0) is 50.7 Å². The fourth-order valence-corrected chi connectivity index (χ4v) is 8.63. The molecule has 0 aromatic heterocycles. The number of carboxylic acid groups (broad SMARTS) is 1. The molecule has 0 bridgehead atoms. The van der Waals surface area contributed by atoms with E-state index in [1.807, 2.05) is 42.4 Å². The molecule has 1 unspecified atom stereocenters. The van der Waals surface area contributed by atoms with E-state index in [1.165, 1.54) is 31.4 Å². The summed E-state index contributed by atoms with van der Waals surface area (Å²) in [6.07, 6.45) is 11.2. The molecule has 0 fully saturated rings. The van der Waals surface area contributed by atoms with E-state index in [1.54, 1.807) is 30.4 Å². The van der Waals surface area contributed by atoms with Gasteiger partial charge in [0.2, 0.25) is 5.69 Å². The van der Waals surface area contributed by atoms with Crippen LogP contribution in [0.5, 0.6) is 0 Å². The van der Waals surface area contributed by atoms with E-state index in [2.05, 4.69) is 0 Å². The van der Waals surface area contributed by atoms with Gasteiger partial charge in [0, 0.05) is 61.0 Å². The summed E-state index contributed by atoms with van der Waals surface area (Å²) in [5.41, 5.74) is 2.48. The Bertz CT molecular complexity index is 2200. The molecule has 4 rings (SSSR count). The van der Waals surface area contributed by atoms with Crippen LogP contribution in [0, 0.1) is 0 Å². The molecule has 3 N–H and O–H groups in total. The summed E-state index contributed by atoms with van der Waals surface area (Å²) in [4.78, 5) is 12.3. The van der Waals surface area contributed by atoms with Crippen LogP contribution in [0.2, 0.25) is 0 Å². The van der Waals surface area contributed by atoms with Crippen molar-refractivity contribution in [3.63, 3.8) is 0 Å². The van der Waals surface area contributed by atoms with Gasteiger partial charge in [0.25, 0.3) is 20.2 Å². The van der Waals surface area contributed by atoms with Crippen LogP contribution >= 0.6 is 0 Å². The van der Waals surface area contributed by atoms with Gasteiger partial charge in [-0.25, -0.2) is 8.42 Å². The van der Waals surface area contributed by atoms with E-state index in [-0.39, 0.29) is 88.2 Å². The zero-order chi connectivity index (χ0) is 39.4. The monoisotopic (exact) mass is 840 g/mol. The van der Waals surface area contributed by atoms with Gasteiger partial charge in [-0.1, -0.05) is 18.2 Å². The third-order valence-corrected chi connectivity index (χ3v) is 12.2. The Labute approximate surface area is 368 Å². The quantitative estimate of drug-likeness (QED) is 0.0538. The van der Waals surface area contributed by atoms with Gasteiger partial charge in [-0.2, -0.15) is 21.4 Å². The first-order valence-corrected chi connectivity index (χ1v) is 21.4. The van der Waals surface area contributed by atoms with Crippen LogP contribution in [0.25, 0.3) is 0 Å². The number of carbonyl (C=O) groups is 1. The fraction of sp³-hybridized carbons (Fsp3) is 0.444. The first-order chi connectivity index (χ1) is 24.6. The molecule has 55 heavy (non-hydrogen) atoms. The Morgan fingerprint density at radius 2 is 1.55 bits per heavy atom. The van der Waals surface area contributed by atoms with Crippen LogP contribution < -0.4 is 64.0 Å². The second-order valence-electron chi connectivity index (χ2n) is 13.8. The second-order valence-corrected chi connectivity index (χ2v) is 18.2. The molecule has 2 aliphatic heterocycles. The smallest absolute Gasteiger partial charge is 0.744 e. The summed E-state index contributed by atoms with van der Waals surface area (Å²) in [7, 11) is -12.0. The maximum absolute atomic E-state index is 12.1. The molecule has 0 saturated heterocycles. The van der Waals surface area contributed by atoms with Crippen LogP contribution in [-0.4, -0.2) is 92.8 Å². The third kappa shape index (κ3) is 12.2. The maximum atomic E-state index is 12.1. The zero-order valence-electron chi connectivity index (χ0n) is 32.1. The molecule has 2 aromatic carbocycles. The molecule has 0 radical (unpaired) electrons. The predicted molar refractivity (Wildman–Crippen MR) is 198 cm³/mol. The minimum Gasteiger partial charge on any atom is -0.744 e. The maximum Gasteiger partial charge on any atom is 1.00 e. The average Bonchev–Trinajstić information content (AvgIpc) is 3.40. The van der Waals surface area contributed by atoms with Crippen molar-refractivity contribution in [1.82, 2.24) is 0 Å². The molecule has 0 spiro atoms. The first-order valence-electron chi connectivity index (χ1n) is 17.0. The number of anilines is 1. The van der Waals surface area contributed by atoms with Gasteiger partial charge in [-0.05, 0) is 88.4 Å². The minimum atomic E-state index is -4.70. The predicted octanol–water partition coefficient (Wildman–Crippen LogP) is -1.04. The molecule has 2 aliphatic rings. The van der Waals surface area contributed by atoms with Gasteiger partial charge in [-0.3, -0.25) is 13.9 Å². The molecule has 19 heteroatoms. The number of unbranched alkanes of at least 4 members (excludes halogenated alkanes) is 2. The Hall–Kier alpha value is -1.71. The van der Waals surface area contributed by atoms with Crippen molar-refractivity contribution in [3.8, 4) is 0 Å². The van der Waals surface area contributed by atoms with Crippen molar-refractivity contribution < 1.29 is 117 Å². The Kier molecular flexibility index (Phi) is 17.8. The van der Waals surface area contributed by atoms with Gasteiger partial charge in [0.1, 0.15) is 16.7 Å². The van der Waals surface area contributed by atoms with Crippen LogP contribution in [0.15, 0.2) is 82.3 Å². The summed E-state index contributed by atoms with van der Waals surface area (Å²) >= 11 is 0. The number of ether oxygens (including phenoxy) is 1. The molecule has 2 heterocycles. The zero-order valence-corrected chi connectivity index (χ0v) is 38.5. The molecular weight excluding hydrogens is 795 g/mol. The summed E-state index contributed by atoms with van der Waals surface area (Å²) in [5.74, 6) is -1.37. The Balaban J connectivity index is 0.00000523. The van der Waals surface area contributed by atoms with Gasteiger partial charge >= 0.3 is 65.1 Å². The second kappa shape index (κ2) is 19.8. The topological polar surface area (TPSA) is 219 Å². The molecule has 2 aromatic rings. The molecule has 0 aliphatic carbocycles. The first kappa shape index (κ1) is 49.4. The number of carboxylic acids is 1. The Morgan fingerprint density at radius 1 is 0.891 bits per heavy atom. The van der Waals surface area contributed by atoms with Crippen molar-refractivity contribution in [2.24, 2.45) is 0 Å². The molecular formula is C36H46N2Na2O12S3+2. The number of benzene rings is 2. The molecule has 290 valence electrons. The van der Waals surface area contributed by atoms with Crippen LogP contribution in [0.3, 0.4) is 0 Å². The Morgan fingerprint density at radius 3 is 2.15 bits per heavy atom. The van der Waals surface area contributed by atoms with Crippen LogP contribution in [0.1, 0.15) is 70.4 Å². The van der Waals surface area contributed by atoms with Crippen molar-refractivity contribution >= 4 is 53.4 Å². The summed E-state index contributed by atoms with van der Waals surface area (Å²) in [5, 5.41) is 9.02. The number of aliphatic carboxylic acids is 1. The summed E-state index contributed by atoms with van der Waals surface area (Å²) in [6.45, 7) is 6.87. The van der Waals surface area contributed by atoms with Gasteiger partial charge < -0.3 is 19.3 Å². The largest absolute Gasteiger partial charge is 1.00 e. The molecule has 14 nitrogen and oxygen atoms in total. The fourth-order valence-electron chi connectivity index (χ4n) is 7.12. The molecule has 1 atom stereocenters. The standard InChI is InChI=1S/C36H46N2O12S3.2Na/c1-35(2)28-24-26(52(44,45)46)15-17-30(28)37(20-10-6-9-14-34(39)40)32(35)12-7-5-8-13-33-36(3,19-11-23-51(41,42)43)29-25-27(53(47,48)49)16-18-31(29)38(33)21-22-50-4;;/h5,7-8,12-13,15-18,24-25H,6,9-11,14,19-23H2,1-4H3,(H3-,39,40,41,42,43,44,45,46,47,48,49);;/q;2*+1. The summed E-state index contributed by atoms with van der Waals surface area (Å²) in [6, 6.07) is 8.55. The number of methoxy groups -OCH3 is 1. The van der Waals surface area contributed by atoms with E-state index >= 15 is 0 Å². The van der Waals surface area contributed by atoms with Crippen LogP contribution in [0.4, 0.5) is 11.4 Å². The SMILES string of the molecule is COCCN1C(=CC=CC=CC2=[N+](CCCCCC(=O)O)c3ccc(S(=O)(=O)[O-])cc3C2(C)C)C(C)(CCCS(=O)(=O)O)c2cc(S(=O)(=O)O)ccc21.[Na+].[Na+]. The van der Waals surface area contributed by atoms with Crippen molar-refractivity contribution in [1.29, 1.82) is 0 Å². The van der Waals surface area contributed by atoms with E-state index in [9.17, 15) is 43.7 Å². The number of fused-ring (bicyclic) bond motifs is 2. The summed E-state index contributed by atoms with van der Waals surface area (Å²) < 4.78 is 110. The number of allylic oxidation sites excluding steroid dienone is 6. The number of nitrogens with zero attached hydrogens (tertiary/aromatic N) is 2. The number of hydrogen-bond donors (Lipinski definition) is 3. The number of hydrogen-bond acceptors (Lipinski definition) is 10. The number of rotatable bonds is 18. The van der Waals surface area contributed by atoms with Crippen molar-refractivity contribution in [2.75, 3.05) is 37.5 Å².